The molecular formula is C17H17F3N6. The van der Waals surface area contributed by atoms with Crippen LogP contribution in [0.5, 0.6) is 0 Å². The topological polar surface area (TPSA) is 105 Å². The molecule has 0 unspecified atom stereocenters. The van der Waals surface area contributed by atoms with Crippen LogP contribution in [0.25, 0.3) is 11.3 Å². The lowest BCUT2D eigenvalue weighted by molar-refractivity contribution is -0.137. The molecule has 136 valence electrons. The van der Waals surface area contributed by atoms with Gasteiger partial charge in [-0.3, -0.25) is 0 Å². The Kier molecular flexibility index (Phi) is 4.59. The molecule has 2 aromatic rings. The molecule has 0 radical (unpaired) electrons. The van der Waals surface area contributed by atoms with Gasteiger partial charge in [-0.05, 0) is 31.4 Å². The number of aromatic nitrogens is 2. The van der Waals surface area contributed by atoms with Gasteiger partial charge in [0.2, 0.25) is 5.95 Å². The van der Waals surface area contributed by atoms with E-state index in [4.69, 9.17) is 11.5 Å². The molecule has 1 aromatic carbocycles. The van der Waals surface area contributed by atoms with Crippen molar-refractivity contribution in [2.24, 2.45) is 0 Å². The lowest BCUT2D eigenvalue weighted by Gasteiger charge is -2.31. The summed E-state index contributed by atoms with van der Waals surface area (Å²) in [6.07, 6.45) is -1.81. The van der Waals surface area contributed by atoms with Gasteiger partial charge in [0.1, 0.15) is 17.5 Å². The average Bonchev–Trinajstić information content (AvgIpc) is 2.60. The van der Waals surface area contributed by atoms with Crippen LogP contribution in [0.2, 0.25) is 0 Å². The van der Waals surface area contributed by atoms with Gasteiger partial charge >= 0.3 is 6.18 Å². The monoisotopic (exact) mass is 362 g/mol. The fourth-order valence-corrected chi connectivity index (χ4v) is 3.14. The van der Waals surface area contributed by atoms with Crippen LogP contribution in [0.15, 0.2) is 18.2 Å². The van der Waals surface area contributed by atoms with Gasteiger partial charge in [0.05, 0.1) is 11.3 Å². The van der Waals surface area contributed by atoms with Crippen molar-refractivity contribution < 1.29 is 13.2 Å². The number of nitrogens with two attached hydrogens (primary N) is 2. The number of nitrogen functional groups attached to an aromatic ring is 2. The molecule has 0 saturated carbocycles. The van der Waals surface area contributed by atoms with Gasteiger partial charge in [-0.1, -0.05) is 6.07 Å². The van der Waals surface area contributed by atoms with Crippen molar-refractivity contribution in [3.05, 3.63) is 29.3 Å². The molecule has 9 heteroatoms. The Hall–Kier alpha value is -3.02. The molecule has 0 aliphatic carbocycles. The van der Waals surface area contributed by atoms with E-state index in [1.165, 1.54) is 12.1 Å². The molecule has 1 aliphatic rings. The second-order valence-electron chi connectivity index (χ2n) is 6.08. The van der Waals surface area contributed by atoms with E-state index < -0.39 is 11.7 Å². The Morgan fingerprint density at radius 3 is 2.38 bits per heavy atom. The van der Waals surface area contributed by atoms with Crippen molar-refractivity contribution in [1.29, 1.82) is 5.26 Å². The van der Waals surface area contributed by atoms with Gasteiger partial charge in [-0.2, -0.15) is 23.4 Å². The molecule has 2 heterocycles. The number of nitriles is 1. The highest BCUT2D eigenvalue weighted by atomic mass is 19.4. The number of hydrogen-bond donors (Lipinski definition) is 2. The minimum Gasteiger partial charge on any atom is -0.382 e. The Morgan fingerprint density at radius 2 is 1.77 bits per heavy atom. The molecule has 1 fully saturated rings. The number of anilines is 3. The number of nitrogens with zero attached hydrogens (tertiary/aromatic N) is 4. The molecule has 0 spiro atoms. The van der Waals surface area contributed by atoms with E-state index >= 15 is 0 Å². The third-order valence-corrected chi connectivity index (χ3v) is 4.34. The van der Waals surface area contributed by atoms with Crippen molar-refractivity contribution in [3.63, 3.8) is 0 Å². The summed E-state index contributed by atoms with van der Waals surface area (Å²) >= 11 is 0. The molecular weight excluding hydrogens is 345 g/mol. The Bertz CT molecular complexity index is 866. The minimum atomic E-state index is -4.54. The zero-order chi connectivity index (χ0) is 18.9. The zero-order valence-electron chi connectivity index (χ0n) is 13.8. The first kappa shape index (κ1) is 17.8. The van der Waals surface area contributed by atoms with Crippen LogP contribution in [0.1, 0.15) is 30.4 Å². The fraction of sp³-hybridized carbons (Fsp3) is 0.353. The Labute approximate surface area is 148 Å². The number of piperidine rings is 1. The molecule has 1 aliphatic heterocycles. The Morgan fingerprint density at radius 1 is 1.08 bits per heavy atom. The lowest BCUT2D eigenvalue weighted by atomic mass is 10.0. The maximum absolute atomic E-state index is 13.7. The first-order valence-corrected chi connectivity index (χ1v) is 8.11. The van der Waals surface area contributed by atoms with Crippen molar-refractivity contribution in [1.82, 2.24) is 9.97 Å². The smallest absolute Gasteiger partial charge is 0.382 e. The normalized spacial score (nSPS) is 14.9. The number of halogens is 3. The lowest BCUT2D eigenvalue weighted by Crippen LogP contribution is -2.31. The summed E-state index contributed by atoms with van der Waals surface area (Å²) in [6, 6.07) is 5.74. The molecule has 0 bridgehead atoms. The van der Waals surface area contributed by atoms with Gasteiger partial charge < -0.3 is 16.4 Å². The summed E-state index contributed by atoms with van der Waals surface area (Å²) < 4.78 is 41.0. The summed E-state index contributed by atoms with van der Waals surface area (Å²) in [5.74, 6) is -0.367. The zero-order valence-corrected chi connectivity index (χ0v) is 13.8. The van der Waals surface area contributed by atoms with Crippen molar-refractivity contribution in [3.8, 4) is 17.3 Å². The highest BCUT2D eigenvalue weighted by Crippen LogP contribution is 2.40. The van der Waals surface area contributed by atoms with Crippen LogP contribution in [0.4, 0.5) is 30.6 Å². The molecule has 3 rings (SSSR count). The summed E-state index contributed by atoms with van der Waals surface area (Å²) in [4.78, 5) is 9.35. The van der Waals surface area contributed by atoms with Gasteiger partial charge in [-0.25, -0.2) is 4.98 Å². The predicted octanol–water partition coefficient (Wildman–Crippen LogP) is 3.19. The second kappa shape index (κ2) is 6.71. The van der Waals surface area contributed by atoms with Gasteiger partial charge in [0.25, 0.3) is 0 Å². The van der Waals surface area contributed by atoms with Crippen LogP contribution >= 0.6 is 0 Å². The number of rotatable bonds is 2. The van der Waals surface area contributed by atoms with Crippen LogP contribution in [0.3, 0.4) is 0 Å². The Balaban J connectivity index is 2.16. The first-order chi connectivity index (χ1) is 12.3. The summed E-state index contributed by atoms with van der Waals surface area (Å²) in [7, 11) is 0. The highest BCUT2D eigenvalue weighted by molar-refractivity contribution is 5.75. The second-order valence-corrected chi connectivity index (χ2v) is 6.08. The van der Waals surface area contributed by atoms with Crippen LogP contribution in [-0.2, 0) is 6.18 Å². The van der Waals surface area contributed by atoms with Gasteiger partial charge in [0, 0.05) is 24.3 Å². The molecule has 26 heavy (non-hydrogen) atoms. The molecule has 0 atom stereocenters. The molecule has 6 nitrogen and oxygen atoms in total. The van der Waals surface area contributed by atoms with Crippen LogP contribution in [-0.4, -0.2) is 23.1 Å². The summed E-state index contributed by atoms with van der Waals surface area (Å²) in [6.45, 7) is 1.17. The van der Waals surface area contributed by atoms with E-state index in [1.54, 1.807) is 4.90 Å². The first-order valence-electron chi connectivity index (χ1n) is 8.11. The molecule has 4 N–H and O–H groups in total. The van der Waals surface area contributed by atoms with Crippen molar-refractivity contribution in [2.75, 3.05) is 29.5 Å². The maximum atomic E-state index is 13.7. The van der Waals surface area contributed by atoms with Gasteiger partial charge in [0.15, 0.2) is 0 Å². The minimum absolute atomic E-state index is 0.00630. The quantitative estimate of drug-likeness (QED) is 0.850. The van der Waals surface area contributed by atoms with E-state index in [1.807, 2.05) is 6.07 Å². The molecule has 1 saturated heterocycles. The molecule has 0 amide bonds. The van der Waals surface area contributed by atoms with E-state index in [9.17, 15) is 18.4 Å². The molecule has 1 aromatic heterocycles. The van der Waals surface area contributed by atoms with E-state index in [0.29, 0.717) is 13.1 Å². The third-order valence-electron chi connectivity index (χ3n) is 4.34. The number of hydrogen-bond acceptors (Lipinski definition) is 6. The number of alkyl halides is 3. The van der Waals surface area contributed by atoms with Crippen molar-refractivity contribution in [2.45, 2.75) is 25.4 Å². The van der Waals surface area contributed by atoms with Crippen LogP contribution in [0, 0.1) is 11.3 Å². The fourth-order valence-electron chi connectivity index (χ4n) is 3.14. The number of benzene rings is 1. The summed E-state index contributed by atoms with van der Waals surface area (Å²) in [5.41, 5.74) is 10.6. The standard InChI is InChI=1S/C17H17F3N6/c18-17(19,20)12-8-10(4-5-13(12)26-6-2-1-3-7-26)14-11(9-21)15(22)25-16(23)24-14/h4-5,8H,1-3,6-7H2,(H4,22,23,24,25). The summed E-state index contributed by atoms with van der Waals surface area (Å²) in [5, 5.41) is 9.26. The third kappa shape index (κ3) is 3.35. The predicted molar refractivity (Wildman–Crippen MR) is 92.1 cm³/mol. The maximum Gasteiger partial charge on any atom is 0.418 e. The van der Waals surface area contributed by atoms with E-state index in [2.05, 4.69) is 9.97 Å². The van der Waals surface area contributed by atoms with Crippen LogP contribution < -0.4 is 16.4 Å². The SMILES string of the molecule is N#Cc1c(N)nc(N)nc1-c1ccc(N2CCCCC2)c(C(F)(F)F)c1. The van der Waals surface area contributed by atoms with Crippen molar-refractivity contribution >= 4 is 17.5 Å². The highest BCUT2D eigenvalue weighted by Gasteiger charge is 2.36. The van der Waals surface area contributed by atoms with Gasteiger partial charge in [-0.15, -0.1) is 0 Å². The van der Waals surface area contributed by atoms with E-state index in [-0.39, 0.29) is 34.3 Å². The largest absolute Gasteiger partial charge is 0.418 e. The average molecular weight is 362 g/mol. The van der Waals surface area contributed by atoms with E-state index in [0.717, 1.165) is 25.3 Å².